The first-order valence-corrected chi connectivity index (χ1v) is 5.99. The van der Waals surface area contributed by atoms with Gasteiger partial charge in [0.05, 0.1) is 18.8 Å². The molecule has 0 saturated heterocycles. The van der Waals surface area contributed by atoms with Gasteiger partial charge in [0.2, 0.25) is 0 Å². The van der Waals surface area contributed by atoms with Crippen LogP contribution in [0, 0.1) is 0 Å². The SMILES string of the molecule is OCCn1cc(CNCc2cccs2)nn1. The van der Waals surface area contributed by atoms with Crippen LogP contribution in [-0.2, 0) is 19.6 Å². The van der Waals surface area contributed by atoms with Crippen LogP contribution in [0.15, 0.2) is 23.7 Å². The molecular formula is C10H14N4OS. The number of aromatic nitrogens is 3. The highest BCUT2D eigenvalue weighted by Crippen LogP contribution is 2.07. The smallest absolute Gasteiger partial charge is 0.0964 e. The Bertz CT molecular complexity index is 412. The lowest BCUT2D eigenvalue weighted by atomic mass is 10.4. The summed E-state index contributed by atoms with van der Waals surface area (Å²) < 4.78 is 1.64. The van der Waals surface area contributed by atoms with E-state index in [-0.39, 0.29) is 6.61 Å². The molecule has 0 spiro atoms. The van der Waals surface area contributed by atoms with Crippen molar-refractivity contribution in [3.63, 3.8) is 0 Å². The minimum Gasteiger partial charge on any atom is -0.394 e. The molecule has 0 bridgehead atoms. The number of thiophene rings is 1. The van der Waals surface area contributed by atoms with Crippen LogP contribution in [0.5, 0.6) is 0 Å². The fraction of sp³-hybridized carbons (Fsp3) is 0.400. The second-order valence-corrected chi connectivity index (χ2v) is 4.41. The summed E-state index contributed by atoms with van der Waals surface area (Å²) in [5.41, 5.74) is 0.894. The number of nitrogens with one attached hydrogen (secondary N) is 1. The summed E-state index contributed by atoms with van der Waals surface area (Å²) in [6.07, 6.45) is 1.84. The molecule has 0 saturated carbocycles. The topological polar surface area (TPSA) is 63.0 Å². The molecule has 2 heterocycles. The molecule has 2 N–H and O–H groups in total. The Labute approximate surface area is 97.7 Å². The number of rotatable bonds is 6. The van der Waals surface area contributed by atoms with Gasteiger partial charge in [0.1, 0.15) is 0 Å². The van der Waals surface area contributed by atoms with Crippen molar-refractivity contribution in [2.24, 2.45) is 0 Å². The number of nitrogens with zero attached hydrogens (tertiary/aromatic N) is 3. The van der Waals surface area contributed by atoms with Gasteiger partial charge in [-0.25, -0.2) is 4.68 Å². The van der Waals surface area contributed by atoms with E-state index in [1.54, 1.807) is 16.0 Å². The Morgan fingerprint density at radius 2 is 2.38 bits per heavy atom. The van der Waals surface area contributed by atoms with Crippen molar-refractivity contribution in [1.82, 2.24) is 20.3 Å². The third-order valence-corrected chi connectivity index (χ3v) is 2.98. The molecule has 2 aromatic rings. The predicted octanol–water partition coefficient (Wildman–Crippen LogP) is 0.622. The molecule has 0 unspecified atom stereocenters. The van der Waals surface area contributed by atoms with Crippen LogP contribution in [0.3, 0.4) is 0 Å². The van der Waals surface area contributed by atoms with Crippen LogP contribution in [0.2, 0.25) is 0 Å². The van der Waals surface area contributed by atoms with Gasteiger partial charge in [0, 0.05) is 24.2 Å². The highest BCUT2D eigenvalue weighted by atomic mass is 32.1. The highest BCUT2D eigenvalue weighted by molar-refractivity contribution is 7.09. The monoisotopic (exact) mass is 238 g/mol. The molecule has 6 heteroatoms. The van der Waals surface area contributed by atoms with E-state index in [9.17, 15) is 0 Å². The average molecular weight is 238 g/mol. The van der Waals surface area contributed by atoms with Crippen LogP contribution in [0.4, 0.5) is 0 Å². The van der Waals surface area contributed by atoms with E-state index in [4.69, 9.17) is 5.11 Å². The third-order valence-electron chi connectivity index (χ3n) is 2.10. The minimum atomic E-state index is 0.0887. The van der Waals surface area contributed by atoms with E-state index in [1.165, 1.54) is 4.88 Å². The highest BCUT2D eigenvalue weighted by Gasteiger charge is 2.00. The lowest BCUT2D eigenvalue weighted by Crippen LogP contribution is -2.12. The number of aliphatic hydroxyl groups is 1. The number of hydrogen-bond acceptors (Lipinski definition) is 5. The molecule has 86 valence electrons. The lowest BCUT2D eigenvalue weighted by Gasteiger charge is -1.98. The standard InChI is InChI=1S/C10H14N4OS/c15-4-3-14-8-9(12-13-14)6-11-7-10-2-1-5-16-10/h1-2,5,8,11,15H,3-4,6-7H2. The van der Waals surface area contributed by atoms with Gasteiger partial charge in [-0.3, -0.25) is 0 Å². The van der Waals surface area contributed by atoms with Gasteiger partial charge in [-0.1, -0.05) is 11.3 Å². The Morgan fingerprint density at radius 3 is 3.12 bits per heavy atom. The van der Waals surface area contributed by atoms with E-state index >= 15 is 0 Å². The van der Waals surface area contributed by atoms with Crippen LogP contribution in [0.25, 0.3) is 0 Å². The normalized spacial score (nSPS) is 10.8. The van der Waals surface area contributed by atoms with Crippen molar-refractivity contribution in [3.8, 4) is 0 Å². The van der Waals surface area contributed by atoms with Crippen molar-refractivity contribution in [2.45, 2.75) is 19.6 Å². The van der Waals surface area contributed by atoms with Crippen molar-refractivity contribution in [2.75, 3.05) is 6.61 Å². The summed E-state index contributed by atoms with van der Waals surface area (Å²) in [5, 5.41) is 22.0. The summed E-state index contributed by atoms with van der Waals surface area (Å²) in [7, 11) is 0. The Balaban J connectivity index is 1.76. The van der Waals surface area contributed by atoms with Gasteiger partial charge < -0.3 is 10.4 Å². The maximum Gasteiger partial charge on any atom is 0.0964 e. The zero-order chi connectivity index (χ0) is 11.2. The molecule has 0 aliphatic heterocycles. The summed E-state index contributed by atoms with van der Waals surface area (Å²) in [5.74, 6) is 0. The molecular weight excluding hydrogens is 224 g/mol. The van der Waals surface area contributed by atoms with E-state index in [2.05, 4.69) is 27.1 Å². The zero-order valence-electron chi connectivity index (χ0n) is 8.83. The molecule has 2 rings (SSSR count). The largest absolute Gasteiger partial charge is 0.394 e. The van der Waals surface area contributed by atoms with Crippen LogP contribution < -0.4 is 5.32 Å². The molecule has 0 fully saturated rings. The first kappa shape index (κ1) is 11.3. The fourth-order valence-corrected chi connectivity index (χ4v) is 2.03. The van der Waals surface area contributed by atoms with Crippen LogP contribution in [-0.4, -0.2) is 26.7 Å². The first-order chi connectivity index (χ1) is 7.88. The molecule has 0 aliphatic carbocycles. The van der Waals surface area contributed by atoms with Crippen molar-refractivity contribution in [1.29, 1.82) is 0 Å². The van der Waals surface area contributed by atoms with E-state index < -0.39 is 0 Å². The lowest BCUT2D eigenvalue weighted by molar-refractivity contribution is 0.268. The van der Waals surface area contributed by atoms with Gasteiger partial charge in [-0.15, -0.1) is 16.4 Å². The Hall–Kier alpha value is -1.24. The van der Waals surface area contributed by atoms with Gasteiger partial charge in [0.15, 0.2) is 0 Å². The fourth-order valence-electron chi connectivity index (χ4n) is 1.36. The van der Waals surface area contributed by atoms with Gasteiger partial charge in [-0.2, -0.15) is 0 Å². The zero-order valence-corrected chi connectivity index (χ0v) is 9.65. The maximum absolute atomic E-state index is 8.73. The van der Waals surface area contributed by atoms with E-state index in [0.717, 1.165) is 12.2 Å². The second kappa shape index (κ2) is 5.74. The first-order valence-electron chi connectivity index (χ1n) is 5.11. The summed E-state index contributed by atoms with van der Waals surface area (Å²) in [6.45, 7) is 2.14. The Kier molecular flexibility index (Phi) is 4.03. The number of aliphatic hydroxyl groups excluding tert-OH is 1. The minimum absolute atomic E-state index is 0.0887. The molecule has 0 aliphatic rings. The second-order valence-electron chi connectivity index (χ2n) is 3.38. The molecule has 5 nitrogen and oxygen atoms in total. The Morgan fingerprint density at radius 1 is 1.44 bits per heavy atom. The molecule has 0 radical (unpaired) electrons. The number of hydrogen-bond donors (Lipinski definition) is 2. The quantitative estimate of drug-likeness (QED) is 0.774. The van der Waals surface area contributed by atoms with Gasteiger partial charge >= 0.3 is 0 Å². The summed E-state index contributed by atoms with van der Waals surface area (Å²) in [6, 6.07) is 4.14. The molecule has 16 heavy (non-hydrogen) atoms. The molecule has 0 aromatic carbocycles. The van der Waals surface area contributed by atoms with E-state index in [0.29, 0.717) is 13.1 Å². The van der Waals surface area contributed by atoms with Gasteiger partial charge in [0.25, 0.3) is 0 Å². The average Bonchev–Trinajstić information content (AvgIpc) is 2.90. The van der Waals surface area contributed by atoms with Crippen LogP contribution in [0.1, 0.15) is 10.6 Å². The summed E-state index contributed by atoms with van der Waals surface area (Å²) in [4.78, 5) is 1.31. The summed E-state index contributed by atoms with van der Waals surface area (Å²) >= 11 is 1.73. The van der Waals surface area contributed by atoms with Crippen molar-refractivity contribution < 1.29 is 5.11 Å². The van der Waals surface area contributed by atoms with Crippen LogP contribution >= 0.6 is 11.3 Å². The van der Waals surface area contributed by atoms with Crippen molar-refractivity contribution in [3.05, 3.63) is 34.3 Å². The van der Waals surface area contributed by atoms with Crippen molar-refractivity contribution >= 4 is 11.3 Å². The molecule has 0 atom stereocenters. The molecule has 0 amide bonds. The van der Waals surface area contributed by atoms with Gasteiger partial charge in [-0.05, 0) is 11.4 Å². The third kappa shape index (κ3) is 3.13. The predicted molar refractivity (Wildman–Crippen MR) is 62.0 cm³/mol. The molecule has 2 aromatic heterocycles. The maximum atomic E-state index is 8.73. The van der Waals surface area contributed by atoms with E-state index in [1.807, 2.05) is 12.3 Å².